The number of carbonyl (C=O) groups is 2. The molecule has 4 heterocycles. The SMILES string of the molecule is CC(C)Cc1c2c(cc3c1O[C@@H]1c4cc(OO[C@@H]5[C@H](OCCN)O[C@H](COC(=O)CC(=O)O)[C@@H](O)[C@@H]5O)c(Cc5cccc(O)c5)cc4OC[C@@H]31)OCO2. The summed E-state index contributed by atoms with van der Waals surface area (Å²) < 4.78 is 41.2. The number of ether oxygens (including phenoxy) is 7. The van der Waals surface area contributed by atoms with E-state index in [2.05, 4.69) is 13.8 Å². The van der Waals surface area contributed by atoms with Crippen LogP contribution in [0.1, 0.15) is 60.1 Å². The number of fused-ring (bicyclic) bond motifs is 6. The van der Waals surface area contributed by atoms with Crippen molar-refractivity contribution in [2.75, 3.05) is 33.2 Å². The summed E-state index contributed by atoms with van der Waals surface area (Å²) in [6.45, 7) is 4.20. The van der Waals surface area contributed by atoms with Crippen LogP contribution in [0.4, 0.5) is 0 Å². The highest BCUT2D eigenvalue weighted by atomic mass is 17.2. The molecule has 3 aromatic carbocycles. The van der Waals surface area contributed by atoms with Crippen LogP contribution in [0.3, 0.4) is 0 Å². The number of carboxylic acids is 1. The third kappa shape index (κ3) is 7.71. The van der Waals surface area contributed by atoms with Crippen molar-refractivity contribution in [1.82, 2.24) is 0 Å². The van der Waals surface area contributed by atoms with E-state index in [0.717, 1.165) is 22.4 Å². The minimum Gasteiger partial charge on any atom is -0.508 e. The van der Waals surface area contributed by atoms with Gasteiger partial charge in [0, 0.05) is 35.2 Å². The number of aliphatic carboxylic acids is 1. The molecule has 0 unspecified atom stereocenters. The van der Waals surface area contributed by atoms with Crippen molar-refractivity contribution < 1.29 is 72.9 Å². The largest absolute Gasteiger partial charge is 0.508 e. The minimum atomic E-state index is -1.68. The van der Waals surface area contributed by atoms with Crippen molar-refractivity contribution in [2.45, 2.75) is 75.8 Å². The first-order valence-electron chi connectivity index (χ1n) is 17.7. The number of hydrogen-bond acceptors (Lipinski definition) is 15. The van der Waals surface area contributed by atoms with Gasteiger partial charge in [-0.2, -0.15) is 4.89 Å². The minimum absolute atomic E-state index is 0.0307. The first-order valence-corrected chi connectivity index (χ1v) is 17.7. The number of esters is 1. The lowest BCUT2D eigenvalue weighted by Gasteiger charge is -2.41. The molecule has 4 aliphatic heterocycles. The zero-order valence-electron chi connectivity index (χ0n) is 29.7. The Bertz CT molecular complexity index is 1870. The van der Waals surface area contributed by atoms with Crippen LogP contribution >= 0.6 is 0 Å². The molecule has 0 saturated carbocycles. The van der Waals surface area contributed by atoms with Crippen LogP contribution < -0.4 is 29.6 Å². The topological polar surface area (TPSA) is 224 Å². The molecule has 0 amide bonds. The van der Waals surface area contributed by atoms with E-state index < -0.39 is 61.8 Å². The molecule has 3 aromatic rings. The Morgan fingerprint density at radius 2 is 1.83 bits per heavy atom. The standard InChI is InChI=1S/C38H43NO15/c1-18(2)8-24-34-22(12-28-36(24)50-17-49-28)25-15-47-27-11-20(9-19-4-3-5-21(40)10-19)26(13-23(27)35(25)52-34)53-54-37-33(45)32(44)29(51-38(37)46-7-6-39)16-48-31(43)14-30(41)42/h3-5,10-13,18,25,29,32-33,35,37-38,40,44-45H,6-9,14-17,39H2,1-2H3,(H,41,42)/t25-,29+,32+,33-,35+,37-,38+/m0/s1. The summed E-state index contributed by atoms with van der Waals surface area (Å²) in [5.41, 5.74) is 9.58. The van der Waals surface area contributed by atoms with Crippen LogP contribution in [0.5, 0.6) is 34.5 Å². The van der Waals surface area contributed by atoms with E-state index >= 15 is 0 Å². The lowest BCUT2D eigenvalue weighted by Crippen LogP contribution is -2.60. The van der Waals surface area contributed by atoms with Gasteiger partial charge in [-0.15, -0.1) is 0 Å². The lowest BCUT2D eigenvalue weighted by molar-refractivity contribution is -0.372. The molecule has 1 saturated heterocycles. The van der Waals surface area contributed by atoms with Gasteiger partial charge in [-0.3, -0.25) is 9.59 Å². The fourth-order valence-electron chi connectivity index (χ4n) is 7.12. The summed E-state index contributed by atoms with van der Waals surface area (Å²) in [4.78, 5) is 34.5. The molecule has 7 rings (SSSR count). The number of phenols is 1. The summed E-state index contributed by atoms with van der Waals surface area (Å²) in [6, 6.07) is 12.2. The van der Waals surface area contributed by atoms with Crippen molar-refractivity contribution in [1.29, 1.82) is 0 Å². The molecule has 4 aliphatic rings. The number of aliphatic hydroxyl groups excluding tert-OH is 2. The Hall–Kier alpha value is -4.84. The number of aliphatic hydroxyl groups is 2. The molecular formula is C38H43NO15. The molecule has 0 aliphatic carbocycles. The van der Waals surface area contributed by atoms with Crippen LogP contribution in [0.2, 0.25) is 0 Å². The van der Waals surface area contributed by atoms with E-state index in [-0.39, 0.29) is 43.8 Å². The molecule has 6 N–H and O–H groups in total. The zero-order chi connectivity index (χ0) is 38.1. The van der Waals surface area contributed by atoms with Gasteiger partial charge in [-0.1, -0.05) is 26.0 Å². The molecule has 0 aromatic heterocycles. The third-order valence-corrected chi connectivity index (χ3v) is 9.58. The maximum atomic E-state index is 11.8. The number of aromatic hydroxyl groups is 1. The quantitative estimate of drug-likeness (QED) is 0.0691. The summed E-state index contributed by atoms with van der Waals surface area (Å²) in [5.74, 6) is 0.651. The monoisotopic (exact) mass is 753 g/mol. The molecule has 1 fully saturated rings. The molecule has 0 radical (unpaired) electrons. The number of phenolic OH excluding ortho intramolecular Hbond substituents is 1. The molecule has 7 atom stereocenters. The molecule has 0 spiro atoms. The van der Waals surface area contributed by atoms with Gasteiger partial charge in [0.05, 0.1) is 19.1 Å². The number of carboxylic acid groups (broad SMARTS) is 1. The fourth-order valence-corrected chi connectivity index (χ4v) is 7.12. The van der Waals surface area contributed by atoms with E-state index in [1.165, 1.54) is 0 Å². The van der Waals surface area contributed by atoms with E-state index in [4.69, 9.17) is 53.8 Å². The van der Waals surface area contributed by atoms with Gasteiger partial charge in [0.15, 0.2) is 29.6 Å². The van der Waals surface area contributed by atoms with E-state index in [1.54, 1.807) is 24.3 Å². The normalized spacial score (nSPS) is 24.9. The van der Waals surface area contributed by atoms with E-state index in [0.29, 0.717) is 47.3 Å². The Morgan fingerprint density at radius 1 is 1.00 bits per heavy atom. The highest BCUT2D eigenvalue weighted by Crippen LogP contribution is 2.57. The van der Waals surface area contributed by atoms with Crippen molar-refractivity contribution in [3.8, 4) is 34.5 Å². The Kier molecular flexibility index (Phi) is 11.0. The molecule has 290 valence electrons. The smallest absolute Gasteiger partial charge is 0.317 e. The van der Waals surface area contributed by atoms with Crippen molar-refractivity contribution >= 4 is 11.9 Å². The number of rotatable bonds is 14. The van der Waals surface area contributed by atoms with Crippen LogP contribution in [-0.2, 0) is 41.5 Å². The highest BCUT2D eigenvalue weighted by Gasteiger charge is 2.48. The molecule has 16 heteroatoms. The van der Waals surface area contributed by atoms with Gasteiger partial charge in [0.25, 0.3) is 0 Å². The number of benzene rings is 3. The van der Waals surface area contributed by atoms with Crippen LogP contribution in [-0.4, -0.2) is 96.2 Å². The van der Waals surface area contributed by atoms with Gasteiger partial charge in [-0.05, 0) is 48.2 Å². The van der Waals surface area contributed by atoms with Crippen molar-refractivity contribution in [3.63, 3.8) is 0 Å². The van der Waals surface area contributed by atoms with Crippen molar-refractivity contribution in [3.05, 3.63) is 70.3 Å². The molecule has 54 heavy (non-hydrogen) atoms. The highest BCUT2D eigenvalue weighted by molar-refractivity contribution is 5.90. The van der Waals surface area contributed by atoms with Gasteiger partial charge in [-0.25, -0.2) is 0 Å². The second kappa shape index (κ2) is 15.9. The average molecular weight is 754 g/mol. The Labute approximate surface area is 310 Å². The van der Waals surface area contributed by atoms with E-state index in [1.807, 2.05) is 18.2 Å². The van der Waals surface area contributed by atoms with Crippen LogP contribution in [0.25, 0.3) is 0 Å². The second-order valence-electron chi connectivity index (χ2n) is 14.0. The number of hydrogen-bond donors (Lipinski definition) is 5. The molecular weight excluding hydrogens is 710 g/mol. The fraction of sp³-hybridized carbons (Fsp3) is 0.474. The summed E-state index contributed by atoms with van der Waals surface area (Å²) in [6.07, 6.45) is -7.78. The maximum absolute atomic E-state index is 11.8. The van der Waals surface area contributed by atoms with Gasteiger partial charge in [0.2, 0.25) is 6.79 Å². The lowest BCUT2D eigenvalue weighted by atomic mass is 9.86. The van der Waals surface area contributed by atoms with E-state index in [9.17, 15) is 24.9 Å². The number of carbonyl (C=O) groups excluding carboxylic acids is 1. The molecule has 0 bridgehead atoms. The molecule has 16 nitrogen and oxygen atoms in total. The average Bonchev–Trinajstić information content (AvgIpc) is 3.76. The van der Waals surface area contributed by atoms with Crippen molar-refractivity contribution in [2.24, 2.45) is 11.7 Å². The first kappa shape index (κ1) is 37.5. The van der Waals surface area contributed by atoms with Gasteiger partial charge < -0.3 is 64.2 Å². The maximum Gasteiger partial charge on any atom is 0.317 e. The summed E-state index contributed by atoms with van der Waals surface area (Å²) >= 11 is 0. The van der Waals surface area contributed by atoms with Crippen LogP contribution in [0.15, 0.2) is 42.5 Å². The first-order chi connectivity index (χ1) is 26.0. The van der Waals surface area contributed by atoms with Gasteiger partial charge >= 0.3 is 11.9 Å². The Balaban J connectivity index is 1.18. The number of nitrogens with two attached hydrogens (primary N) is 1. The predicted molar refractivity (Wildman–Crippen MR) is 184 cm³/mol. The van der Waals surface area contributed by atoms with Gasteiger partial charge in [0.1, 0.15) is 54.7 Å². The second-order valence-corrected chi connectivity index (χ2v) is 14.0. The third-order valence-electron chi connectivity index (χ3n) is 9.58. The van der Waals surface area contributed by atoms with Crippen LogP contribution in [0, 0.1) is 5.92 Å². The summed E-state index contributed by atoms with van der Waals surface area (Å²) in [5, 5.41) is 41.2. The zero-order valence-corrected chi connectivity index (χ0v) is 29.7. The predicted octanol–water partition coefficient (Wildman–Crippen LogP) is 2.64. The Morgan fingerprint density at radius 3 is 2.59 bits per heavy atom. The summed E-state index contributed by atoms with van der Waals surface area (Å²) in [7, 11) is 0.